The highest BCUT2D eigenvalue weighted by molar-refractivity contribution is 5.84. The summed E-state index contributed by atoms with van der Waals surface area (Å²) < 4.78 is 0. The average molecular weight is 214 g/mol. The number of aromatic nitrogens is 1. The number of nitrogens with two attached hydrogens (primary N) is 1. The molecular formula is C14H18N2. The number of H-pyrrole nitrogens is 1. The molecular weight excluding hydrogens is 196 g/mol. The van der Waals surface area contributed by atoms with Gasteiger partial charge >= 0.3 is 0 Å². The van der Waals surface area contributed by atoms with E-state index in [2.05, 4.69) is 43.1 Å². The van der Waals surface area contributed by atoms with Crippen LogP contribution in [0, 0.1) is 11.3 Å². The number of hydrogen-bond donors (Lipinski definition) is 2. The van der Waals surface area contributed by atoms with Gasteiger partial charge in [0.05, 0.1) is 0 Å². The van der Waals surface area contributed by atoms with Gasteiger partial charge in [-0.25, -0.2) is 0 Å². The van der Waals surface area contributed by atoms with Crippen LogP contribution in [-0.2, 0) is 0 Å². The molecule has 0 radical (unpaired) electrons. The fourth-order valence-corrected chi connectivity index (χ4v) is 3.18. The molecule has 2 nitrogen and oxygen atoms in total. The van der Waals surface area contributed by atoms with Crippen LogP contribution in [0.3, 0.4) is 0 Å². The minimum atomic E-state index is 0.361. The van der Waals surface area contributed by atoms with Crippen molar-refractivity contribution in [2.24, 2.45) is 17.1 Å². The van der Waals surface area contributed by atoms with E-state index in [1.54, 1.807) is 0 Å². The van der Waals surface area contributed by atoms with Crippen molar-refractivity contribution in [1.29, 1.82) is 0 Å². The number of nitrogens with one attached hydrogen (secondary N) is 1. The Kier molecular flexibility index (Phi) is 1.93. The van der Waals surface area contributed by atoms with Gasteiger partial charge in [-0.3, -0.25) is 0 Å². The van der Waals surface area contributed by atoms with Gasteiger partial charge in [-0.1, -0.05) is 26.0 Å². The summed E-state index contributed by atoms with van der Waals surface area (Å²) in [7, 11) is 0. The van der Waals surface area contributed by atoms with Gasteiger partial charge in [-0.05, 0) is 41.5 Å². The van der Waals surface area contributed by atoms with Crippen molar-refractivity contribution in [2.75, 3.05) is 6.54 Å². The molecule has 0 amide bonds. The summed E-state index contributed by atoms with van der Waals surface area (Å²) in [6.45, 7) is 5.43. The molecule has 16 heavy (non-hydrogen) atoms. The lowest BCUT2D eigenvalue weighted by molar-refractivity contribution is 0.559. The Labute approximate surface area is 95.8 Å². The lowest BCUT2D eigenvalue weighted by Gasteiger charge is -2.04. The van der Waals surface area contributed by atoms with Crippen molar-refractivity contribution in [3.8, 4) is 0 Å². The molecule has 0 saturated heterocycles. The zero-order chi connectivity index (χ0) is 11.3. The number of aromatic amines is 1. The van der Waals surface area contributed by atoms with E-state index in [1.165, 1.54) is 16.5 Å². The lowest BCUT2D eigenvalue weighted by atomic mass is 10.00. The van der Waals surface area contributed by atoms with Crippen LogP contribution in [0.4, 0.5) is 0 Å². The van der Waals surface area contributed by atoms with Crippen LogP contribution < -0.4 is 5.73 Å². The molecule has 2 atom stereocenters. The Morgan fingerprint density at radius 1 is 1.31 bits per heavy atom. The average Bonchev–Trinajstić information content (AvgIpc) is 2.65. The number of fused-ring (bicyclic) bond motifs is 1. The van der Waals surface area contributed by atoms with Crippen LogP contribution in [0.15, 0.2) is 30.5 Å². The zero-order valence-electron chi connectivity index (χ0n) is 9.83. The molecule has 2 unspecified atom stereocenters. The molecule has 84 valence electrons. The molecule has 3 N–H and O–H groups in total. The van der Waals surface area contributed by atoms with E-state index in [0.29, 0.717) is 17.3 Å². The first-order valence-corrected chi connectivity index (χ1v) is 5.92. The minimum Gasteiger partial charge on any atom is -0.361 e. The second-order valence-corrected chi connectivity index (χ2v) is 5.43. The largest absolute Gasteiger partial charge is 0.361 e. The third-order valence-corrected chi connectivity index (χ3v) is 4.27. The summed E-state index contributed by atoms with van der Waals surface area (Å²) in [4.78, 5) is 3.27. The molecule has 1 heterocycles. The smallest absolute Gasteiger partial charge is 0.0456 e. The van der Waals surface area contributed by atoms with Crippen molar-refractivity contribution in [2.45, 2.75) is 19.8 Å². The molecule has 0 aliphatic heterocycles. The van der Waals surface area contributed by atoms with Gasteiger partial charge in [0.2, 0.25) is 0 Å². The first-order chi connectivity index (χ1) is 7.66. The van der Waals surface area contributed by atoms with Crippen LogP contribution in [0.1, 0.15) is 25.3 Å². The molecule has 2 aromatic rings. The maximum atomic E-state index is 5.85. The van der Waals surface area contributed by atoms with Crippen molar-refractivity contribution >= 4 is 10.9 Å². The van der Waals surface area contributed by atoms with Crippen molar-refractivity contribution in [1.82, 2.24) is 4.98 Å². The van der Waals surface area contributed by atoms with Gasteiger partial charge < -0.3 is 10.7 Å². The fraction of sp³-hybridized carbons (Fsp3) is 0.429. The van der Waals surface area contributed by atoms with E-state index in [-0.39, 0.29) is 0 Å². The highest BCUT2D eigenvalue weighted by Gasteiger charge is 2.57. The maximum Gasteiger partial charge on any atom is 0.0456 e. The monoisotopic (exact) mass is 214 g/mol. The Morgan fingerprint density at radius 2 is 2.12 bits per heavy atom. The SMILES string of the molecule is CC1(C)C(CN)C1c1cccc2[nH]ccc12. The van der Waals surface area contributed by atoms with Gasteiger partial charge in [0.1, 0.15) is 0 Å². The van der Waals surface area contributed by atoms with E-state index in [4.69, 9.17) is 5.73 Å². The second kappa shape index (κ2) is 3.11. The summed E-state index contributed by atoms with van der Waals surface area (Å²) in [6.07, 6.45) is 2.01. The highest BCUT2D eigenvalue weighted by atomic mass is 14.7. The van der Waals surface area contributed by atoms with Gasteiger partial charge in [-0.15, -0.1) is 0 Å². The van der Waals surface area contributed by atoms with Crippen LogP contribution >= 0.6 is 0 Å². The molecule has 0 spiro atoms. The Morgan fingerprint density at radius 3 is 2.81 bits per heavy atom. The van der Waals surface area contributed by atoms with Crippen molar-refractivity contribution < 1.29 is 0 Å². The van der Waals surface area contributed by atoms with Gasteiger partial charge in [0, 0.05) is 17.1 Å². The lowest BCUT2D eigenvalue weighted by Crippen LogP contribution is -2.05. The standard InChI is InChI=1S/C14H18N2/c1-14(2)11(8-15)13(14)10-4-3-5-12-9(10)6-7-16-12/h3-7,11,13,16H,8,15H2,1-2H3. The Balaban J connectivity index is 2.11. The number of benzene rings is 1. The molecule has 1 aliphatic rings. The zero-order valence-corrected chi connectivity index (χ0v) is 9.83. The van der Waals surface area contributed by atoms with Crippen LogP contribution in [0.2, 0.25) is 0 Å². The number of hydrogen-bond acceptors (Lipinski definition) is 1. The van der Waals surface area contributed by atoms with Crippen molar-refractivity contribution in [3.05, 3.63) is 36.0 Å². The molecule has 1 aromatic carbocycles. The van der Waals surface area contributed by atoms with Crippen LogP contribution in [0.25, 0.3) is 10.9 Å². The van der Waals surface area contributed by atoms with Gasteiger partial charge in [0.15, 0.2) is 0 Å². The molecule has 2 heteroatoms. The molecule has 3 rings (SSSR count). The predicted molar refractivity (Wildman–Crippen MR) is 67.4 cm³/mol. The topological polar surface area (TPSA) is 41.8 Å². The van der Waals surface area contributed by atoms with Gasteiger partial charge in [0.25, 0.3) is 0 Å². The number of rotatable bonds is 2. The third-order valence-electron chi connectivity index (χ3n) is 4.27. The quantitative estimate of drug-likeness (QED) is 0.793. The molecule has 1 aliphatic carbocycles. The second-order valence-electron chi connectivity index (χ2n) is 5.43. The van der Waals surface area contributed by atoms with Gasteiger partial charge in [-0.2, -0.15) is 0 Å². The molecule has 0 bridgehead atoms. The summed E-state index contributed by atoms with van der Waals surface area (Å²) >= 11 is 0. The molecule has 1 aromatic heterocycles. The van der Waals surface area contributed by atoms with E-state index in [1.807, 2.05) is 6.20 Å². The maximum absolute atomic E-state index is 5.85. The normalized spacial score (nSPS) is 27.2. The fourth-order valence-electron chi connectivity index (χ4n) is 3.18. The summed E-state index contributed by atoms with van der Waals surface area (Å²) in [5.41, 5.74) is 8.90. The predicted octanol–water partition coefficient (Wildman–Crippen LogP) is 2.87. The summed E-state index contributed by atoms with van der Waals surface area (Å²) in [5.74, 6) is 1.25. The summed E-state index contributed by atoms with van der Waals surface area (Å²) in [6, 6.07) is 8.69. The highest BCUT2D eigenvalue weighted by Crippen LogP contribution is 2.64. The minimum absolute atomic E-state index is 0.361. The van der Waals surface area contributed by atoms with E-state index in [9.17, 15) is 0 Å². The van der Waals surface area contributed by atoms with Crippen LogP contribution in [-0.4, -0.2) is 11.5 Å². The Bertz CT molecular complexity index is 524. The van der Waals surface area contributed by atoms with Crippen LogP contribution in [0.5, 0.6) is 0 Å². The first kappa shape index (κ1) is 9.91. The molecule has 1 fully saturated rings. The van der Waals surface area contributed by atoms with Crippen molar-refractivity contribution in [3.63, 3.8) is 0 Å². The van der Waals surface area contributed by atoms with E-state index < -0.39 is 0 Å². The Hall–Kier alpha value is -1.28. The molecule has 1 saturated carbocycles. The van der Waals surface area contributed by atoms with E-state index >= 15 is 0 Å². The summed E-state index contributed by atoms with van der Waals surface area (Å²) in [5, 5.41) is 1.36. The van der Waals surface area contributed by atoms with E-state index in [0.717, 1.165) is 6.54 Å². The first-order valence-electron chi connectivity index (χ1n) is 5.92. The third kappa shape index (κ3) is 1.17.